The van der Waals surface area contributed by atoms with Crippen molar-refractivity contribution in [3.8, 4) is 55.8 Å². The number of rotatable bonds is 7. The quantitative estimate of drug-likeness (QED) is 0.118. The molecule has 3 heterocycles. The van der Waals surface area contributed by atoms with Crippen molar-refractivity contribution in [2.45, 2.75) is 0 Å². The number of hydrogen-bond donors (Lipinski definition) is 0. The first-order valence-electron chi connectivity index (χ1n) is 28.5. The third-order valence-corrected chi connectivity index (χ3v) is 17.3. The van der Waals surface area contributed by atoms with Gasteiger partial charge in [-0.1, -0.05) is 200 Å². The molecule has 0 unspecified atom stereocenters. The zero-order valence-corrected chi connectivity index (χ0v) is 45.2. The predicted molar refractivity (Wildman–Crippen MR) is 351 cm³/mol. The van der Waals surface area contributed by atoms with E-state index < -0.39 is 0 Å². The van der Waals surface area contributed by atoms with Crippen molar-refractivity contribution in [3.05, 3.63) is 298 Å². The van der Waals surface area contributed by atoms with Crippen molar-refractivity contribution >= 4 is 111 Å². The predicted octanol–water partition coefficient (Wildman–Crippen LogP) is 18.7. The lowest BCUT2D eigenvalue weighted by Gasteiger charge is -2.45. The van der Waals surface area contributed by atoms with E-state index in [1.54, 1.807) is 6.33 Å². The molecule has 1 aromatic heterocycles. The monoisotopic (exact) mass is 1050 g/mol. The van der Waals surface area contributed by atoms with Crippen LogP contribution in [0.5, 0.6) is 0 Å². The summed E-state index contributed by atoms with van der Waals surface area (Å²) in [6.45, 7) is -0.183. The maximum absolute atomic E-state index is 5.23. The van der Waals surface area contributed by atoms with Crippen LogP contribution in [0.15, 0.2) is 298 Å². The Labute approximate surface area is 481 Å². The molecule has 2 aliphatic rings. The summed E-state index contributed by atoms with van der Waals surface area (Å²) in [7, 11) is 0. The molecular formula is C78H49BN4. The van der Waals surface area contributed by atoms with Crippen molar-refractivity contribution in [2.24, 2.45) is 0 Å². The zero-order chi connectivity index (χ0) is 54.5. The van der Waals surface area contributed by atoms with Crippen LogP contribution in [0.1, 0.15) is 0 Å². The Morgan fingerprint density at radius 2 is 0.614 bits per heavy atom. The van der Waals surface area contributed by atoms with E-state index >= 15 is 0 Å². The summed E-state index contributed by atoms with van der Waals surface area (Å²) in [5.74, 6) is 0. The van der Waals surface area contributed by atoms with Gasteiger partial charge in [-0.15, -0.1) is 0 Å². The Bertz CT molecular complexity index is 4710. The highest BCUT2D eigenvalue weighted by atomic mass is 15.2. The first kappa shape index (κ1) is 47.0. The lowest BCUT2D eigenvalue weighted by molar-refractivity contribution is 1.22. The molecule has 14 aromatic carbocycles. The van der Waals surface area contributed by atoms with Gasteiger partial charge in [0.1, 0.15) is 6.33 Å². The van der Waals surface area contributed by atoms with Crippen LogP contribution in [0.3, 0.4) is 0 Å². The Morgan fingerprint density at radius 3 is 1.02 bits per heavy atom. The SMILES string of the molecule is c1ccc(-c2cc(-c3ccccc3)cc(N3c4cc5cc6ccccc6cc5cc4B4c5cc6cc7ccccc7cc6cc5N(c5cc(-c6ccccc6)cc(-c6ccccc6)c5)c5cc(-c6ncnc7ccccc67)cc3c54)c2)cc1. The highest BCUT2D eigenvalue weighted by Crippen LogP contribution is 2.50. The lowest BCUT2D eigenvalue weighted by Crippen LogP contribution is -2.61. The summed E-state index contributed by atoms with van der Waals surface area (Å²) >= 11 is 0. The van der Waals surface area contributed by atoms with E-state index in [1.165, 1.54) is 59.5 Å². The number of fused-ring (bicyclic) bond motifs is 9. The van der Waals surface area contributed by atoms with Crippen LogP contribution < -0.4 is 26.2 Å². The second kappa shape index (κ2) is 18.9. The Morgan fingerprint density at radius 1 is 0.253 bits per heavy atom. The van der Waals surface area contributed by atoms with E-state index in [0.29, 0.717) is 0 Å². The minimum absolute atomic E-state index is 0.183. The molecule has 0 radical (unpaired) electrons. The average molecular weight is 1050 g/mol. The second-order valence-electron chi connectivity index (χ2n) is 22.2. The fraction of sp³-hybridized carbons (Fsp3) is 0. The smallest absolute Gasteiger partial charge is 0.252 e. The van der Waals surface area contributed by atoms with E-state index in [9.17, 15) is 0 Å². The Balaban J connectivity index is 1.04. The minimum Gasteiger partial charge on any atom is -0.311 e. The Kier molecular flexibility index (Phi) is 10.7. The molecule has 2 aliphatic heterocycles. The average Bonchev–Trinajstić information content (AvgIpc) is 2.74. The zero-order valence-electron chi connectivity index (χ0n) is 45.2. The van der Waals surface area contributed by atoms with Gasteiger partial charge in [0.2, 0.25) is 0 Å². The van der Waals surface area contributed by atoms with Crippen LogP contribution in [-0.4, -0.2) is 16.7 Å². The Hall–Kier alpha value is -10.9. The van der Waals surface area contributed by atoms with Crippen molar-refractivity contribution in [1.29, 1.82) is 0 Å². The van der Waals surface area contributed by atoms with Gasteiger partial charge in [-0.2, -0.15) is 0 Å². The van der Waals surface area contributed by atoms with Crippen molar-refractivity contribution in [3.63, 3.8) is 0 Å². The van der Waals surface area contributed by atoms with Gasteiger partial charge in [-0.3, -0.25) is 0 Å². The third-order valence-electron chi connectivity index (χ3n) is 17.3. The molecule has 0 atom stereocenters. The number of nitrogens with zero attached hydrogens (tertiary/aromatic N) is 4. The molecule has 0 amide bonds. The number of benzene rings is 14. The van der Waals surface area contributed by atoms with Gasteiger partial charge in [0, 0.05) is 45.1 Å². The molecule has 0 aliphatic carbocycles. The standard InChI is InChI=1S/C78H49BN4/c1-5-19-50(20-6-1)58-37-59(51-21-7-2-8-22-51)40-67(39-58)82-73-45-64-35-56-29-15-13-27-54(56)33-62(64)43-70(73)79-71-44-63-34-55-28-14-16-30-57(55)36-65(63)46-74(71)83(68-41-60(52-23-9-3-10-24-52)38-61(42-68)53-25-11-4-12-26-53)76-48-66(47-75(82)77(76)79)78-69-31-17-18-32-72(69)80-49-81-78/h1-49H. The molecule has 0 saturated carbocycles. The van der Waals surface area contributed by atoms with E-state index in [2.05, 4.69) is 301 Å². The first-order valence-corrected chi connectivity index (χ1v) is 28.5. The molecule has 83 heavy (non-hydrogen) atoms. The van der Waals surface area contributed by atoms with Crippen LogP contribution in [-0.2, 0) is 0 Å². The minimum atomic E-state index is -0.183. The van der Waals surface area contributed by atoms with Gasteiger partial charge in [-0.05, 0) is 195 Å². The highest BCUT2D eigenvalue weighted by molar-refractivity contribution is 7.00. The molecule has 0 fully saturated rings. The van der Waals surface area contributed by atoms with E-state index in [4.69, 9.17) is 9.97 Å². The second-order valence-corrected chi connectivity index (χ2v) is 22.2. The molecule has 0 N–H and O–H groups in total. The maximum Gasteiger partial charge on any atom is 0.252 e. The summed E-state index contributed by atoms with van der Waals surface area (Å²) in [6, 6.07) is 108. The van der Waals surface area contributed by atoms with Gasteiger partial charge < -0.3 is 9.80 Å². The third kappa shape index (κ3) is 7.85. The summed E-state index contributed by atoms with van der Waals surface area (Å²) in [5, 5.41) is 10.6. The molecule has 384 valence electrons. The largest absolute Gasteiger partial charge is 0.311 e. The van der Waals surface area contributed by atoms with Crippen LogP contribution in [0.2, 0.25) is 0 Å². The summed E-state index contributed by atoms with van der Waals surface area (Å²) in [6.07, 6.45) is 1.73. The fourth-order valence-electron chi connectivity index (χ4n) is 13.5. The van der Waals surface area contributed by atoms with E-state index in [-0.39, 0.29) is 6.71 Å². The summed E-state index contributed by atoms with van der Waals surface area (Å²) < 4.78 is 0. The van der Waals surface area contributed by atoms with Gasteiger partial charge in [0.15, 0.2) is 0 Å². The number of aromatic nitrogens is 2. The normalized spacial score (nSPS) is 12.5. The van der Waals surface area contributed by atoms with E-state index in [0.717, 1.165) is 101 Å². The number of hydrogen-bond acceptors (Lipinski definition) is 4. The summed E-state index contributed by atoms with van der Waals surface area (Å²) in [4.78, 5) is 15.2. The van der Waals surface area contributed by atoms with Crippen molar-refractivity contribution in [1.82, 2.24) is 9.97 Å². The molecule has 0 bridgehead atoms. The van der Waals surface area contributed by atoms with Crippen molar-refractivity contribution in [2.75, 3.05) is 9.80 Å². The van der Waals surface area contributed by atoms with Gasteiger partial charge >= 0.3 is 0 Å². The van der Waals surface area contributed by atoms with Gasteiger partial charge in [-0.25, -0.2) is 9.97 Å². The topological polar surface area (TPSA) is 32.3 Å². The molecular weight excluding hydrogens is 1000 g/mol. The molecule has 4 nitrogen and oxygen atoms in total. The van der Waals surface area contributed by atoms with E-state index in [1.807, 2.05) is 0 Å². The van der Waals surface area contributed by atoms with Crippen LogP contribution in [0, 0.1) is 0 Å². The lowest BCUT2D eigenvalue weighted by atomic mass is 9.33. The fourth-order valence-corrected chi connectivity index (χ4v) is 13.5. The van der Waals surface area contributed by atoms with Crippen LogP contribution in [0.25, 0.3) is 110 Å². The van der Waals surface area contributed by atoms with Crippen molar-refractivity contribution < 1.29 is 0 Å². The first-order chi connectivity index (χ1) is 41.1. The summed E-state index contributed by atoms with van der Waals surface area (Å²) in [5.41, 5.74) is 22.3. The van der Waals surface area contributed by atoms with Crippen LogP contribution >= 0.6 is 0 Å². The maximum atomic E-state index is 5.23. The van der Waals surface area contributed by atoms with Crippen LogP contribution in [0.4, 0.5) is 34.1 Å². The molecule has 17 rings (SSSR count). The molecule has 0 spiro atoms. The number of anilines is 6. The molecule has 15 aromatic rings. The highest BCUT2D eigenvalue weighted by Gasteiger charge is 2.44. The van der Waals surface area contributed by atoms with Gasteiger partial charge in [0.05, 0.1) is 11.2 Å². The molecule has 0 saturated heterocycles. The van der Waals surface area contributed by atoms with Gasteiger partial charge in [0.25, 0.3) is 6.71 Å². The number of para-hydroxylation sites is 1. The molecule has 5 heteroatoms.